The predicted molar refractivity (Wildman–Crippen MR) is 60.2 cm³/mol. The fourth-order valence-corrected chi connectivity index (χ4v) is 2.22. The zero-order valence-corrected chi connectivity index (χ0v) is 9.75. The highest BCUT2D eigenvalue weighted by Crippen LogP contribution is 2.22. The van der Waals surface area contributed by atoms with E-state index in [1.54, 1.807) is 0 Å². The quantitative estimate of drug-likeness (QED) is 0.849. The third-order valence-corrected chi connectivity index (χ3v) is 2.87. The molecule has 3 nitrogen and oxygen atoms in total. The minimum Gasteiger partial charge on any atom is -0.323 e. The maximum Gasteiger partial charge on any atom is 0.132 e. The Hall–Kier alpha value is -0.870. The highest BCUT2D eigenvalue weighted by molar-refractivity contribution is 9.10. The Bertz CT molecular complexity index is 473. The molecule has 0 spiro atoms. The van der Waals surface area contributed by atoms with Crippen molar-refractivity contribution in [2.75, 3.05) is 0 Å². The minimum absolute atomic E-state index is 0.0125. The predicted octanol–water partition coefficient (Wildman–Crippen LogP) is 2.42. The van der Waals surface area contributed by atoms with Crippen LogP contribution < -0.4 is 5.73 Å². The highest BCUT2D eigenvalue weighted by atomic mass is 79.9. The van der Waals surface area contributed by atoms with Gasteiger partial charge in [-0.1, -0.05) is 6.07 Å². The van der Waals surface area contributed by atoms with Crippen LogP contribution in [0.4, 0.5) is 0 Å². The maximum atomic E-state index is 5.89. The van der Waals surface area contributed by atoms with Crippen LogP contribution in [-0.2, 0) is 0 Å². The molecule has 14 heavy (non-hydrogen) atoms. The SMILES string of the molecule is Cc1nc(Br)c2cccc(C(C)N)n12. The molecule has 2 N–H and O–H groups in total. The second-order valence-electron chi connectivity index (χ2n) is 3.41. The van der Waals surface area contributed by atoms with E-state index in [2.05, 4.69) is 25.3 Å². The summed E-state index contributed by atoms with van der Waals surface area (Å²) in [5.41, 5.74) is 8.04. The summed E-state index contributed by atoms with van der Waals surface area (Å²) in [6, 6.07) is 6.06. The first-order valence-corrected chi connectivity index (χ1v) is 5.29. The smallest absolute Gasteiger partial charge is 0.132 e. The Morgan fingerprint density at radius 2 is 2.21 bits per heavy atom. The number of rotatable bonds is 1. The van der Waals surface area contributed by atoms with Gasteiger partial charge in [0.1, 0.15) is 10.4 Å². The Labute approximate surface area is 91.1 Å². The van der Waals surface area contributed by atoms with E-state index in [9.17, 15) is 0 Å². The van der Waals surface area contributed by atoms with Gasteiger partial charge in [-0.15, -0.1) is 0 Å². The monoisotopic (exact) mass is 253 g/mol. The molecule has 2 aromatic rings. The number of imidazole rings is 1. The summed E-state index contributed by atoms with van der Waals surface area (Å²) in [5, 5.41) is 0. The van der Waals surface area contributed by atoms with Crippen molar-refractivity contribution in [1.82, 2.24) is 9.38 Å². The molecular formula is C10H12BrN3. The molecule has 4 heteroatoms. The van der Waals surface area contributed by atoms with Gasteiger partial charge in [0.25, 0.3) is 0 Å². The van der Waals surface area contributed by atoms with Crippen molar-refractivity contribution in [3.8, 4) is 0 Å². The lowest BCUT2D eigenvalue weighted by Gasteiger charge is -2.09. The van der Waals surface area contributed by atoms with E-state index in [1.807, 2.05) is 32.0 Å². The first kappa shape index (κ1) is 9.68. The third kappa shape index (κ3) is 1.35. The molecule has 0 aliphatic carbocycles. The van der Waals surface area contributed by atoms with Gasteiger partial charge in [-0.05, 0) is 41.9 Å². The van der Waals surface area contributed by atoms with E-state index >= 15 is 0 Å². The van der Waals surface area contributed by atoms with Gasteiger partial charge in [-0.25, -0.2) is 4.98 Å². The molecule has 74 valence electrons. The second kappa shape index (κ2) is 3.37. The number of hydrogen-bond donors (Lipinski definition) is 1. The summed E-state index contributed by atoms with van der Waals surface area (Å²) in [4.78, 5) is 4.36. The van der Waals surface area contributed by atoms with E-state index in [-0.39, 0.29) is 6.04 Å². The van der Waals surface area contributed by atoms with Crippen molar-refractivity contribution in [3.63, 3.8) is 0 Å². The molecule has 0 aliphatic heterocycles. The van der Waals surface area contributed by atoms with Gasteiger partial charge in [0.2, 0.25) is 0 Å². The number of fused-ring (bicyclic) bond motifs is 1. The van der Waals surface area contributed by atoms with E-state index in [0.29, 0.717) is 0 Å². The van der Waals surface area contributed by atoms with Crippen molar-refractivity contribution in [1.29, 1.82) is 0 Å². The summed E-state index contributed by atoms with van der Waals surface area (Å²) in [6.45, 7) is 3.95. The molecule has 2 heterocycles. The van der Waals surface area contributed by atoms with Crippen LogP contribution in [0.15, 0.2) is 22.8 Å². The van der Waals surface area contributed by atoms with Crippen LogP contribution >= 0.6 is 15.9 Å². The van der Waals surface area contributed by atoms with Crippen LogP contribution in [0.2, 0.25) is 0 Å². The minimum atomic E-state index is 0.0125. The highest BCUT2D eigenvalue weighted by Gasteiger charge is 2.10. The maximum absolute atomic E-state index is 5.89. The summed E-state index contributed by atoms with van der Waals surface area (Å²) < 4.78 is 2.95. The van der Waals surface area contributed by atoms with E-state index in [0.717, 1.165) is 21.6 Å². The third-order valence-electron chi connectivity index (χ3n) is 2.28. The molecule has 0 saturated carbocycles. The molecule has 2 aromatic heterocycles. The molecule has 1 unspecified atom stereocenters. The van der Waals surface area contributed by atoms with Crippen LogP contribution in [0, 0.1) is 6.92 Å². The zero-order valence-electron chi connectivity index (χ0n) is 8.16. The van der Waals surface area contributed by atoms with Gasteiger partial charge in [-0.2, -0.15) is 0 Å². The van der Waals surface area contributed by atoms with Crippen LogP contribution in [0.25, 0.3) is 5.52 Å². The van der Waals surface area contributed by atoms with Crippen molar-refractivity contribution in [3.05, 3.63) is 34.3 Å². The number of aryl methyl sites for hydroxylation is 1. The van der Waals surface area contributed by atoms with Gasteiger partial charge >= 0.3 is 0 Å². The first-order chi connectivity index (χ1) is 6.61. The zero-order chi connectivity index (χ0) is 10.3. The van der Waals surface area contributed by atoms with Crippen molar-refractivity contribution < 1.29 is 0 Å². The largest absolute Gasteiger partial charge is 0.323 e. The number of halogens is 1. The number of nitrogens with two attached hydrogens (primary N) is 1. The van der Waals surface area contributed by atoms with Gasteiger partial charge in [0.05, 0.1) is 5.52 Å². The van der Waals surface area contributed by atoms with Crippen molar-refractivity contribution in [2.45, 2.75) is 19.9 Å². The Morgan fingerprint density at radius 1 is 1.50 bits per heavy atom. The van der Waals surface area contributed by atoms with Gasteiger partial charge < -0.3 is 5.73 Å². The molecule has 0 amide bonds. The summed E-state index contributed by atoms with van der Waals surface area (Å²) in [6.07, 6.45) is 0. The Morgan fingerprint density at radius 3 is 2.86 bits per heavy atom. The lowest BCUT2D eigenvalue weighted by Crippen LogP contribution is -2.10. The summed E-state index contributed by atoms with van der Waals surface area (Å²) in [5.74, 6) is 0.958. The molecule has 0 bridgehead atoms. The molecule has 0 fully saturated rings. The lowest BCUT2D eigenvalue weighted by atomic mass is 10.2. The van der Waals surface area contributed by atoms with Crippen molar-refractivity contribution in [2.24, 2.45) is 5.73 Å². The molecule has 0 aliphatic rings. The fraction of sp³-hybridized carbons (Fsp3) is 0.300. The van der Waals surface area contributed by atoms with Gasteiger partial charge in [0.15, 0.2) is 0 Å². The van der Waals surface area contributed by atoms with Crippen molar-refractivity contribution >= 4 is 21.4 Å². The average Bonchev–Trinajstić information content (AvgIpc) is 2.43. The molecule has 0 radical (unpaired) electrons. The number of pyridine rings is 1. The summed E-state index contributed by atoms with van der Waals surface area (Å²) >= 11 is 3.43. The van der Waals surface area contributed by atoms with E-state index in [4.69, 9.17) is 5.73 Å². The standard InChI is InChI=1S/C10H12BrN3/c1-6(12)8-4-3-5-9-10(11)13-7(2)14(8)9/h3-6H,12H2,1-2H3. The molecule has 0 saturated heterocycles. The Balaban J connectivity index is 2.85. The molecular weight excluding hydrogens is 242 g/mol. The van der Waals surface area contributed by atoms with E-state index in [1.165, 1.54) is 0 Å². The summed E-state index contributed by atoms with van der Waals surface area (Å²) in [7, 11) is 0. The normalized spacial score (nSPS) is 13.4. The topological polar surface area (TPSA) is 43.3 Å². The lowest BCUT2D eigenvalue weighted by molar-refractivity contribution is 0.753. The Kier molecular flexibility index (Phi) is 2.33. The second-order valence-corrected chi connectivity index (χ2v) is 4.16. The van der Waals surface area contributed by atoms with Crippen LogP contribution in [0.3, 0.4) is 0 Å². The number of nitrogens with zero attached hydrogens (tertiary/aromatic N) is 2. The van der Waals surface area contributed by atoms with Crippen LogP contribution in [0.5, 0.6) is 0 Å². The number of hydrogen-bond acceptors (Lipinski definition) is 2. The fourth-order valence-electron chi connectivity index (χ4n) is 1.65. The van der Waals surface area contributed by atoms with Gasteiger partial charge in [-0.3, -0.25) is 4.40 Å². The van der Waals surface area contributed by atoms with E-state index < -0.39 is 0 Å². The van der Waals surface area contributed by atoms with Gasteiger partial charge in [0, 0.05) is 11.7 Å². The molecule has 1 atom stereocenters. The molecule has 2 rings (SSSR count). The van der Waals surface area contributed by atoms with Crippen LogP contribution in [-0.4, -0.2) is 9.38 Å². The molecule has 0 aromatic carbocycles. The average molecular weight is 254 g/mol. The first-order valence-electron chi connectivity index (χ1n) is 4.50. The van der Waals surface area contributed by atoms with Crippen LogP contribution in [0.1, 0.15) is 24.5 Å². The number of aromatic nitrogens is 2.